The van der Waals surface area contributed by atoms with Crippen LogP contribution in [0.1, 0.15) is 5.56 Å². The van der Waals surface area contributed by atoms with Crippen LogP contribution in [0.3, 0.4) is 0 Å². The van der Waals surface area contributed by atoms with Crippen molar-refractivity contribution < 1.29 is 0 Å². The summed E-state index contributed by atoms with van der Waals surface area (Å²) in [4.78, 5) is 1.33. The third-order valence-electron chi connectivity index (χ3n) is 1.26. The topological polar surface area (TPSA) is 0 Å². The molecule has 1 heteroatoms. The number of aryl methyl sites for hydroxylation is 1. The van der Waals surface area contributed by atoms with Crippen molar-refractivity contribution in [2.75, 3.05) is 6.26 Å². The number of rotatable bonds is 1. The number of thioether (sulfide) groups is 1. The molecule has 0 aromatic heterocycles. The van der Waals surface area contributed by atoms with Crippen LogP contribution in [0.25, 0.3) is 0 Å². The molecule has 0 aliphatic heterocycles. The summed E-state index contributed by atoms with van der Waals surface area (Å²) in [5.74, 6) is 0. The van der Waals surface area contributed by atoms with Crippen LogP contribution >= 0.6 is 11.8 Å². The van der Waals surface area contributed by atoms with Gasteiger partial charge in [0.1, 0.15) is 0 Å². The van der Waals surface area contributed by atoms with Crippen molar-refractivity contribution in [1.29, 1.82) is 0 Å². The molecule has 0 unspecified atom stereocenters. The molecule has 0 saturated heterocycles. The SMILES string of the molecule is C=C.CSc1ccc(C)cc1. The molecule has 60 valence electrons. The van der Waals surface area contributed by atoms with Crippen molar-refractivity contribution in [2.45, 2.75) is 11.8 Å². The molecule has 0 spiro atoms. The fourth-order valence-electron chi connectivity index (χ4n) is 0.674. The van der Waals surface area contributed by atoms with E-state index in [4.69, 9.17) is 0 Å². The second-order valence-electron chi connectivity index (χ2n) is 2.02. The van der Waals surface area contributed by atoms with E-state index in [0.717, 1.165) is 0 Å². The van der Waals surface area contributed by atoms with E-state index in [2.05, 4.69) is 50.6 Å². The van der Waals surface area contributed by atoms with E-state index in [0.29, 0.717) is 0 Å². The fourth-order valence-corrected chi connectivity index (χ4v) is 1.08. The Balaban J connectivity index is 0.000000461. The van der Waals surface area contributed by atoms with Crippen LogP contribution in [0, 0.1) is 6.92 Å². The van der Waals surface area contributed by atoms with E-state index in [1.54, 1.807) is 11.8 Å². The van der Waals surface area contributed by atoms with Gasteiger partial charge in [-0.15, -0.1) is 24.9 Å². The highest BCUT2D eigenvalue weighted by Gasteiger charge is 1.85. The zero-order valence-corrected chi connectivity index (χ0v) is 7.95. The van der Waals surface area contributed by atoms with Crippen LogP contribution in [0.15, 0.2) is 42.3 Å². The van der Waals surface area contributed by atoms with Gasteiger partial charge in [0.2, 0.25) is 0 Å². The molecule has 0 radical (unpaired) electrons. The maximum absolute atomic E-state index is 3.00. The van der Waals surface area contributed by atoms with Crippen molar-refractivity contribution in [2.24, 2.45) is 0 Å². The summed E-state index contributed by atoms with van der Waals surface area (Å²) >= 11 is 1.78. The highest BCUT2D eigenvalue weighted by molar-refractivity contribution is 7.98. The summed E-state index contributed by atoms with van der Waals surface area (Å²) in [6.45, 7) is 8.10. The molecule has 1 rings (SSSR count). The molecule has 0 bridgehead atoms. The zero-order chi connectivity index (χ0) is 8.69. The van der Waals surface area contributed by atoms with Gasteiger partial charge in [0, 0.05) is 4.90 Å². The lowest BCUT2D eigenvalue weighted by Crippen LogP contribution is -1.70. The van der Waals surface area contributed by atoms with Crippen LogP contribution in [0.2, 0.25) is 0 Å². The third kappa shape index (κ3) is 3.89. The number of hydrogen-bond donors (Lipinski definition) is 0. The maximum Gasteiger partial charge on any atom is 0.00693 e. The molecule has 0 aliphatic carbocycles. The van der Waals surface area contributed by atoms with Gasteiger partial charge < -0.3 is 0 Å². The van der Waals surface area contributed by atoms with Crippen molar-refractivity contribution in [3.63, 3.8) is 0 Å². The minimum atomic E-state index is 1.33. The molecule has 0 nitrogen and oxygen atoms in total. The number of benzene rings is 1. The van der Waals surface area contributed by atoms with Gasteiger partial charge in [-0.25, -0.2) is 0 Å². The van der Waals surface area contributed by atoms with E-state index in [1.165, 1.54) is 10.5 Å². The van der Waals surface area contributed by atoms with E-state index >= 15 is 0 Å². The predicted molar refractivity (Wildman–Crippen MR) is 54.2 cm³/mol. The molecule has 11 heavy (non-hydrogen) atoms. The molecule has 0 heterocycles. The first-order chi connectivity index (χ1) is 5.33. The summed E-state index contributed by atoms with van der Waals surface area (Å²) in [7, 11) is 0. The molecule has 1 aromatic carbocycles. The first-order valence-corrected chi connectivity index (χ1v) is 4.66. The lowest BCUT2D eigenvalue weighted by Gasteiger charge is -1.93. The molecule has 0 atom stereocenters. The molecule has 1 aromatic rings. The molecule has 0 fully saturated rings. The third-order valence-corrected chi connectivity index (χ3v) is 2.00. The van der Waals surface area contributed by atoms with E-state index in [1.807, 2.05) is 0 Å². The predicted octanol–water partition coefficient (Wildman–Crippen LogP) is 3.52. The van der Waals surface area contributed by atoms with Crippen LogP contribution in [-0.2, 0) is 0 Å². The minimum Gasteiger partial charge on any atom is -0.130 e. The lowest BCUT2D eigenvalue weighted by atomic mass is 10.2. The quantitative estimate of drug-likeness (QED) is 0.454. The van der Waals surface area contributed by atoms with Crippen molar-refractivity contribution in [1.82, 2.24) is 0 Å². The molecule has 0 saturated carbocycles. The van der Waals surface area contributed by atoms with Gasteiger partial charge in [-0.3, -0.25) is 0 Å². The molecular weight excluding hydrogens is 152 g/mol. The summed E-state index contributed by atoms with van der Waals surface area (Å²) < 4.78 is 0. The molecule has 0 aliphatic rings. The van der Waals surface area contributed by atoms with Crippen molar-refractivity contribution in [3.05, 3.63) is 43.0 Å². The van der Waals surface area contributed by atoms with Crippen LogP contribution < -0.4 is 0 Å². The maximum atomic E-state index is 3.00. The first-order valence-electron chi connectivity index (χ1n) is 3.43. The largest absolute Gasteiger partial charge is 0.130 e. The Hall–Kier alpha value is -0.690. The highest BCUT2D eigenvalue weighted by atomic mass is 32.2. The van der Waals surface area contributed by atoms with Crippen molar-refractivity contribution >= 4 is 11.8 Å². The summed E-state index contributed by atoms with van der Waals surface area (Å²) in [5.41, 5.74) is 1.33. The van der Waals surface area contributed by atoms with Gasteiger partial charge in [-0.1, -0.05) is 17.7 Å². The Labute approximate surface area is 73.3 Å². The second-order valence-corrected chi connectivity index (χ2v) is 2.90. The van der Waals surface area contributed by atoms with Gasteiger partial charge in [-0.2, -0.15) is 0 Å². The average Bonchev–Trinajstić information content (AvgIpc) is 2.10. The Kier molecular flexibility index (Phi) is 5.67. The molecule has 0 N–H and O–H groups in total. The van der Waals surface area contributed by atoms with Gasteiger partial charge in [0.25, 0.3) is 0 Å². The Bertz CT molecular complexity index is 189. The van der Waals surface area contributed by atoms with Gasteiger partial charge >= 0.3 is 0 Å². The highest BCUT2D eigenvalue weighted by Crippen LogP contribution is 2.13. The first kappa shape index (κ1) is 10.3. The van der Waals surface area contributed by atoms with E-state index in [-0.39, 0.29) is 0 Å². The second kappa shape index (κ2) is 6.05. The summed E-state index contributed by atoms with van der Waals surface area (Å²) in [5, 5.41) is 0. The fraction of sp³-hybridized carbons (Fsp3) is 0.200. The smallest absolute Gasteiger partial charge is 0.00693 e. The Morgan fingerprint density at radius 1 is 1.09 bits per heavy atom. The van der Waals surface area contributed by atoms with E-state index in [9.17, 15) is 0 Å². The molecule has 0 amide bonds. The van der Waals surface area contributed by atoms with E-state index < -0.39 is 0 Å². The normalized spacial score (nSPS) is 8.18. The molecular formula is C10H14S. The summed E-state index contributed by atoms with van der Waals surface area (Å²) in [6.07, 6.45) is 2.09. The lowest BCUT2D eigenvalue weighted by molar-refractivity contribution is 1.38. The Morgan fingerprint density at radius 2 is 1.55 bits per heavy atom. The van der Waals surface area contributed by atoms with Gasteiger partial charge in [-0.05, 0) is 25.3 Å². The monoisotopic (exact) mass is 166 g/mol. The summed E-state index contributed by atoms with van der Waals surface area (Å²) in [6, 6.07) is 8.54. The van der Waals surface area contributed by atoms with Crippen LogP contribution in [-0.4, -0.2) is 6.26 Å². The average molecular weight is 166 g/mol. The van der Waals surface area contributed by atoms with Crippen LogP contribution in [0.5, 0.6) is 0 Å². The van der Waals surface area contributed by atoms with Gasteiger partial charge in [0.15, 0.2) is 0 Å². The zero-order valence-electron chi connectivity index (χ0n) is 7.13. The van der Waals surface area contributed by atoms with Crippen molar-refractivity contribution in [3.8, 4) is 0 Å². The minimum absolute atomic E-state index is 1.33. The number of hydrogen-bond acceptors (Lipinski definition) is 1. The standard InChI is InChI=1S/C8H10S.C2H4/c1-7-3-5-8(9-2)6-4-7;1-2/h3-6H,1-2H3;1-2H2. The van der Waals surface area contributed by atoms with Gasteiger partial charge in [0.05, 0.1) is 0 Å². The Morgan fingerprint density at radius 3 is 1.91 bits per heavy atom. The van der Waals surface area contributed by atoms with Crippen LogP contribution in [0.4, 0.5) is 0 Å².